The van der Waals surface area contributed by atoms with E-state index in [1.165, 1.54) is 0 Å². The van der Waals surface area contributed by atoms with Gasteiger partial charge in [0.25, 0.3) is 0 Å². The zero-order valence-corrected chi connectivity index (χ0v) is 16.7. The van der Waals surface area contributed by atoms with E-state index in [0.29, 0.717) is 24.7 Å². The standard InChI is InChI=1S/C21H25ClN4O2/c1-16(20(27)23-15-17-7-5-6-10-19(17)22)24-21(28)26-13-11-25(12-14-26)18-8-3-2-4-9-18/h2-10,16H,11-15H2,1H3,(H,23,27)(H,24,28)/t16-/m1/s1. The molecule has 28 heavy (non-hydrogen) atoms. The molecule has 148 valence electrons. The number of anilines is 1. The van der Waals surface area contributed by atoms with Crippen LogP contribution in [0.5, 0.6) is 0 Å². The van der Waals surface area contributed by atoms with Crippen molar-refractivity contribution < 1.29 is 9.59 Å². The van der Waals surface area contributed by atoms with Crippen LogP contribution in [-0.4, -0.2) is 49.1 Å². The molecular formula is C21H25ClN4O2. The van der Waals surface area contributed by atoms with Gasteiger partial charge in [0, 0.05) is 43.4 Å². The van der Waals surface area contributed by atoms with Gasteiger partial charge in [-0.3, -0.25) is 4.79 Å². The van der Waals surface area contributed by atoms with Gasteiger partial charge in [0.15, 0.2) is 0 Å². The fourth-order valence-electron chi connectivity index (χ4n) is 3.13. The number of nitrogens with zero attached hydrogens (tertiary/aromatic N) is 2. The van der Waals surface area contributed by atoms with Crippen LogP contribution in [0.2, 0.25) is 5.02 Å². The van der Waals surface area contributed by atoms with E-state index in [9.17, 15) is 9.59 Å². The van der Waals surface area contributed by atoms with Gasteiger partial charge in [0.2, 0.25) is 5.91 Å². The minimum absolute atomic E-state index is 0.215. The molecule has 0 unspecified atom stereocenters. The molecule has 2 N–H and O–H groups in total. The molecule has 0 saturated carbocycles. The summed E-state index contributed by atoms with van der Waals surface area (Å²) >= 11 is 6.10. The van der Waals surface area contributed by atoms with Crippen LogP contribution in [0.25, 0.3) is 0 Å². The first-order valence-electron chi connectivity index (χ1n) is 9.41. The number of carbonyl (C=O) groups is 2. The van der Waals surface area contributed by atoms with E-state index in [1.807, 2.05) is 36.4 Å². The summed E-state index contributed by atoms with van der Waals surface area (Å²) in [4.78, 5) is 28.8. The maximum atomic E-state index is 12.5. The molecule has 0 aliphatic carbocycles. The summed E-state index contributed by atoms with van der Waals surface area (Å²) in [6.45, 7) is 4.78. The molecular weight excluding hydrogens is 376 g/mol. The second-order valence-electron chi connectivity index (χ2n) is 6.79. The Kier molecular flexibility index (Phi) is 6.76. The minimum atomic E-state index is -0.623. The van der Waals surface area contributed by atoms with E-state index < -0.39 is 6.04 Å². The van der Waals surface area contributed by atoms with Gasteiger partial charge in [-0.15, -0.1) is 0 Å². The zero-order chi connectivity index (χ0) is 19.9. The lowest BCUT2D eigenvalue weighted by Crippen LogP contribution is -2.55. The van der Waals surface area contributed by atoms with Crippen molar-refractivity contribution in [2.24, 2.45) is 0 Å². The highest BCUT2D eigenvalue weighted by atomic mass is 35.5. The van der Waals surface area contributed by atoms with Crippen LogP contribution in [0.15, 0.2) is 54.6 Å². The van der Waals surface area contributed by atoms with Crippen molar-refractivity contribution in [1.29, 1.82) is 0 Å². The van der Waals surface area contributed by atoms with E-state index in [4.69, 9.17) is 11.6 Å². The van der Waals surface area contributed by atoms with Crippen LogP contribution in [0.3, 0.4) is 0 Å². The molecule has 1 heterocycles. The molecule has 0 bridgehead atoms. The van der Waals surface area contributed by atoms with Gasteiger partial charge in [0.05, 0.1) is 0 Å². The Labute approximate surface area is 170 Å². The number of benzene rings is 2. The fourth-order valence-corrected chi connectivity index (χ4v) is 3.33. The number of rotatable bonds is 5. The topological polar surface area (TPSA) is 64.7 Å². The van der Waals surface area contributed by atoms with Gasteiger partial charge >= 0.3 is 6.03 Å². The van der Waals surface area contributed by atoms with Crippen molar-refractivity contribution in [1.82, 2.24) is 15.5 Å². The molecule has 2 aromatic rings. The summed E-state index contributed by atoms with van der Waals surface area (Å²) in [5.74, 6) is -0.240. The summed E-state index contributed by atoms with van der Waals surface area (Å²) in [7, 11) is 0. The number of para-hydroxylation sites is 1. The van der Waals surface area contributed by atoms with Gasteiger partial charge < -0.3 is 20.4 Å². The molecule has 1 aliphatic heterocycles. The Balaban J connectivity index is 1.44. The quantitative estimate of drug-likeness (QED) is 0.811. The van der Waals surface area contributed by atoms with Crippen molar-refractivity contribution >= 4 is 29.2 Å². The first kappa shape index (κ1) is 20.0. The fraction of sp³-hybridized carbons (Fsp3) is 0.333. The van der Waals surface area contributed by atoms with Crippen LogP contribution in [0.1, 0.15) is 12.5 Å². The summed E-state index contributed by atoms with van der Waals surface area (Å²) in [6, 6.07) is 16.7. The second-order valence-corrected chi connectivity index (χ2v) is 7.20. The minimum Gasteiger partial charge on any atom is -0.368 e. The average molecular weight is 401 g/mol. The average Bonchev–Trinajstić information content (AvgIpc) is 2.73. The van der Waals surface area contributed by atoms with Gasteiger partial charge in [-0.25, -0.2) is 4.79 Å². The number of hydrogen-bond donors (Lipinski definition) is 2. The number of carbonyl (C=O) groups excluding carboxylic acids is 2. The third-order valence-corrected chi connectivity index (χ3v) is 5.20. The Morgan fingerprint density at radius 1 is 1.00 bits per heavy atom. The lowest BCUT2D eigenvalue weighted by atomic mass is 10.2. The predicted molar refractivity (Wildman–Crippen MR) is 112 cm³/mol. The van der Waals surface area contributed by atoms with Crippen molar-refractivity contribution in [2.75, 3.05) is 31.1 Å². The van der Waals surface area contributed by atoms with Gasteiger partial charge in [-0.2, -0.15) is 0 Å². The number of nitrogens with one attached hydrogen (secondary N) is 2. The molecule has 1 aliphatic rings. The molecule has 0 aromatic heterocycles. The Hall–Kier alpha value is -2.73. The molecule has 0 spiro atoms. The Morgan fingerprint density at radius 2 is 1.64 bits per heavy atom. The number of hydrogen-bond acceptors (Lipinski definition) is 3. The highest BCUT2D eigenvalue weighted by Gasteiger charge is 2.24. The van der Waals surface area contributed by atoms with Crippen LogP contribution >= 0.6 is 11.6 Å². The lowest BCUT2D eigenvalue weighted by molar-refractivity contribution is -0.122. The van der Waals surface area contributed by atoms with Crippen molar-refractivity contribution in [3.63, 3.8) is 0 Å². The Morgan fingerprint density at radius 3 is 2.32 bits per heavy atom. The predicted octanol–water partition coefficient (Wildman–Crippen LogP) is 2.88. The van der Waals surface area contributed by atoms with E-state index >= 15 is 0 Å². The number of urea groups is 1. The van der Waals surface area contributed by atoms with Gasteiger partial charge in [0.1, 0.15) is 6.04 Å². The van der Waals surface area contributed by atoms with Crippen LogP contribution in [0, 0.1) is 0 Å². The summed E-state index contributed by atoms with van der Waals surface area (Å²) < 4.78 is 0. The number of amides is 3. The van der Waals surface area contributed by atoms with Gasteiger partial charge in [-0.1, -0.05) is 48.0 Å². The van der Waals surface area contributed by atoms with E-state index in [1.54, 1.807) is 17.9 Å². The Bertz CT molecular complexity index is 807. The molecule has 1 atom stereocenters. The first-order chi connectivity index (χ1) is 13.5. The highest BCUT2D eigenvalue weighted by molar-refractivity contribution is 6.31. The smallest absolute Gasteiger partial charge is 0.318 e. The molecule has 3 amide bonds. The summed E-state index contributed by atoms with van der Waals surface area (Å²) in [5.41, 5.74) is 2.00. The SMILES string of the molecule is C[C@@H](NC(=O)N1CCN(c2ccccc2)CC1)C(=O)NCc1ccccc1Cl. The summed E-state index contributed by atoms with van der Waals surface area (Å²) in [6.07, 6.45) is 0. The molecule has 0 radical (unpaired) electrons. The number of halogens is 1. The molecule has 7 heteroatoms. The van der Waals surface area contributed by atoms with Crippen molar-refractivity contribution in [3.8, 4) is 0 Å². The van der Waals surface area contributed by atoms with Crippen LogP contribution in [0.4, 0.5) is 10.5 Å². The lowest BCUT2D eigenvalue weighted by Gasteiger charge is -2.36. The maximum absolute atomic E-state index is 12.5. The highest BCUT2D eigenvalue weighted by Crippen LogP contribution is 2.16. The molecule has 3 rings (SSSR count). The van der Waals surface area contributed by atoms with Crippen molar-refractivity contribution in [2.45, 2.75) is 19.5 Å². The molecule has 1 saturated heterocycles. The zero-order valence-electron chi connectivity index (χ0n) is 15.9. The normalized spacial score (nSPS) is 15.1. The van der Waals surface area contributed by atoms with E-state index in [0.717, 1.165) is 24.3 Å². The molecule has 1 fully saturated rings. The van der Waals surface area contributed by atoms with Crippen LogP contribution in [-0.2, 0) is 11.3 Å². The molecule has 2 aromatic carbocycles. The van der Waals surface area contributed by atoms with Gasteiger partial charge in [-0.05, 0) is 30.7 Å². The van der Waals surface area contributed by atoms with Crippen LogP contribution < -0.4 is 15.5 Å². The monoisotopic (exact) mass is 400 g/mol. The van der Waals surface area contributed by atoms with E-state index in [2.05, 4.69) is 27.7 Å². The van der Waals surface area contributed by atoms with E-state index in [-0.39, 0.29) is 11.9 Å². The largest absolute Gasteiger partial charge is 0.368 e. The number of piperazine rings is 1. The summed E-state index contributed by atoms with van der Waals surface area (Å²) in [5, 5.41) is 6.20. The maximum Gasteiger partial charge on any atom is 0.318 e. The third-order valence-electron chi connectivity index (χ3n) is 4.83. The third kappa shape index (κ3) is 5.16. The van der Waals surface area contributed by atoms with Crippen molar-refractivity contribution in [3.05, 3.63) is 65.2 Å². The second kappa shape index (κ2) is 9.46. The first-order valence-corrected chi connectivity index (χ1v) is 9.79. The molecule has 6 nitrogen and oxygen atoms in total.